The average molecular weight is 332 g/mol. The number of hydrogen-bond donors (Lipinski definition) is 3. The molecule has 3 N–H and O–H groups in total. The number of hydrogen-bond acceptors (Lipinski definition) is 6. The molecule has 0 saturated carbocycles. The molecule has 2 rings (SSSR count). The van der Waals surface area contributed by atoms with Gasteiger partial charge in [0.15, 0.2) is 0 Å². The van der Waals surface area contributed by atoms with Crippen molar-refractivity contribution in [1.82, 2.24) is 19.7 Å². The lowest BCUT2D eigenvalue weighted by Gasteiger charge is -2.18. The summed E-state index contributed by atoms with van der Waals surface area (Å²) in [5, 5.41) is 20.4. The third kappa shape index (κ3) is 4.67. The minimum Gasteiger partial charge on any atom is -0.394 e. The van der Waals surface area contributed by atoms with Gasteiger partial charge in [-0.2, -0.15) is 10.1 Å². The van der Waals surface area contributed by atoms with E-state index >= 15 is 0 Å². The monoisotopic (exact) mass is 332 g/mol. The largest absolute Gasteiger partial charge is 0.394 e. The lowest BCUT2D eigenvalue weighted by atomic mass is 10.1. The first-order chi connectivity index (χ1) is 11.6. The van der Waals surface area contributed by atoms with E-state index in [1.165, 1.54) is 0 Å². The molecule has 0 aliphatic carbocycles. The Bertz CT molecular complexity index is 635. The van der Waals surface area contributed by atoms with Gasteiger partial charge in [-0.05, 0) is 32.3 Å². The zero-order valence-corrected chi connectivity index (χ0v) is 15.0. The second-order valence-corrected chi connectivity index (χ2v) is 6.03. The van der Waals surface area contributed by atoms with Crippen molar-refractivity contribution in [1.29, 1.82) is 0 Å². The highest BCUT2D eigenvalue weighted by Crippen LogP contribution is 2.18. The summed E-state index contributed by atoms with van der Waals surface area (Å²) in [4.78, 5) is 8.85. The summed E-state index contributed by atoms with van der Waals surface area (Å²) in [5.74, 6) is 1.36. The third-order valence-electron chi connectivity index (χ3n) is 4.10. The molecule has 0 saturated heterocycles. The van der Waals surface area contributed by atoms with E-state index in [1.807, 2.05) is 24.9 Å². The van der Waals surface area contributed by atoms with Gasteiger partial charge < -0.3 is 15.7 Å². The van der Waals surface area contributed by atoms with Crippen molar-refractivity contribution < 1.29 is 5.11 Å². The van der Waals surface area contributed by atoms with E-state index in [-0.39, 0.29) is 12.6 Å². The van der Waals surface area contributed by atoms with Crippen LogP contribution in [0.5, 0.6) is 0 Å². The number of nitrogens with zero attached hydrogens (tertiary/aromatic N) is 4. The van der Waals surface area contributed by atoms with Crippen LogP contribution in [-0.2, 0) is 19.9 Å². The van der Waals surface area contributed by atoms with Gasteiger partial charge in [-0.25, -0.2) is 4.98 Å². The average Bonchev–Trinajstić information content (AvgIpc) is 2.91. The summed E-state index contributed by atoms with van der Waals surface area (Å²) in [6, 6.07) is 2.11. The fourth-order valence-electron chi connectivity index (χ4n) is 2.61. The maximum absolute atomic E-state index is 9.54. The molecule has 0 aromatic carbocycles. The molecule has 132 valence electrons. The van der Waals surface area contributed by atoms with Crippen LogP contribution in [0.4, 0.5) is 11.8 Å². The van der Waals surface area contributed by atoms with E-state index in [0.29, 0.717) is 5.95 Å². The molecule has 0 fully saturated rings. The molecule has 7 heteroatoms. The Morgan fingerprint density at radius 2 is 2.12 bits per heavy atom. The molecule has 0 amide bonds. The van der Waals surface area contributed by atoms with E-state index in [1.54, 1.807) is 7.05 Å². The highest BCUT2D eigenvalue weighted by atomic mass is 16.3. The zero-order valence-electron chi connectivity index (χ0n) is 15.0. The fraction of sp³-hybridized carbons (Fsp3) is 0.588. The van der Waals surface area contributed by atoms with Crippen molar-refractivity contribution in [2.45, 2.75) is 45.6 Å². The minimum atomic E-state index is 0.00505. The molecule has 7 nitrogen and oxygen atoms in total. The Labute approximate surface area is 143 Å². The lowest BCUT2D eigenvalue weighted by Crippen LogP contribution is -2.25. The molecule has 0 aliphatic rings. The van der Waals surface area contributed by atoms with Gasteiger partial charge in [-0.3, -0.25) is 4.68 Å². The number of aliphatic hydroxyl groups is 1. The van der Waals surface area contributed by atoms with Gasteiger partial charge in [0.05, 0.1) is 18.3 Å². The SMILES string of the molecule is CCCC(CO)Nc1nc(NC)ncc1CCc1cc(C)n(C)n1. The zero-order chi connectivity index (χ0) is 17.5. The van der Waals surface area contributed by atoms with Gasteiger partial charge in [0.25, 0.3) is 0 Å². The maximum atomic E-state index is 9.54. The summed E-state index contributed by atoms with van der Waals surface area (Å²) in [5.41, 5.74) is 3.24. The Hall–Kier alpha value is -2.15. The van der Waals surface area contributed by atoms with E-state index in [2.05, 4.69) is 38.7 Å². The number of nitrogens with one attached hydrogen (secondary N) is 2. The first-order valence-corrected chi connectivity index (χ1v) is 8.48. The van der Waals surface area contributed by atoms with Crippen LogP contribution in [-0.4, -0.2) is 44.6 Å². The normalized spacial score (nSPS) is 12.2. The van der Waals surface area contributed by atoms with Crippen LogP contribution in [0.1, 0.15) is 36.7 Å². The van der Waals surface area contributed by atoms with E-state index in [4.69, 9.17) is 0 Å². The highest BCUT2D eigenvalue weighted by molar-refractivity contribution is 5.48. The Balaban J connectivity index is 2.14. The first-order valence-electron chi connectivity index (χ1n) is 8.48. The van der Waals surface area contributed by atoms with Crippen molar-refractivity contribution in [3.8, 4) is 0 Å². The molecule has 2 aromatic heterocycles. The van der Waals surface area contributed by atoms with Crippen LogP contribution in [0.2, 0.25) is 0 Å². The van der Waals surface area contributed by atoms with Crippen LogP contribution in [0.15, 0.2) is 12.3 Å². The first kappa shape index (κ1) is 18.2. The predicted molar refractivity (Wildman–Crippen MR) is 96.3 cm³/mol. The van der Waals surface area contributed by atoms with Crippen molar-refractivity contribution in [2.75, 3.05) is 24.3 Å². The topological polar surface area (TPSA) is 87.9 Å². The Morgan fingerprint density at radius 3 is 2.71 bits per heavy atom. The van der Waals surface area contributed by atoms with Crippen molar-refractivity contribution in [3.63, 3.8) is 0 Å². The van der Waals surface area contributed by atoms with Crippen LogP contribution in [0, 0.1) is 6.92 Å². The molecule has 1 atom stereocenters. The predicted octanol–water partition coefficient (Wildman–Crippen LogP) is 1.92. The number of aryl methyl sites for hydroxylation is 4. The second-order valence-electron chi connectivity index (χ2n) is 6.03. The van der Waals surface area contributed by atoms with Crippen LogP contribution < -0.4 is 10.6 Å². The minimum absolute atomic E-state index is 0.00505. The Kier molecular flexibility index (Phi) is 6.54. The molecule has 1 unspecified atom stereocenters. The second kappa shape index (κ2) is 8.63. The van der Waals surface area contributed by atoms with E-state index < -0.39 is 0 Å². The smallest absolute Gasteiger partial charge is 0.224 e. The van der Waals surface area contributed by atoms with Crippen LogP contribution in [0.3, 0.4) is 0 Å². The molecule has 0 spiro atoms. The molecular formula is C17H28N6O. The lowest BCUT2D eigenvalue weighted by molar-refractivity contribution is 0.268. The molecular weight excluding hydrogens is 304 g/mol. The molecule has 24 heavy (non-hydrogen) atoms. The Morgan fingerprint density at radius 1 is 1.33 bits per heavy atom. The van der Waals surface area contributed by atoms with Crippen molar-refractivity contribution in [2.24, 2.45) is 7.05 Å². The molecule has 0 bridgehead atoms. The van der Waals surface area contributed by atoms with Gasteiger partial charge in [-0.1, -0.05) is 13.3 Å². The molecule has 0 radical (unpaired) electrons. The van der Waals surface area contributed by atoms with Crippen LogP contribution in [0.25, 0.3) is 0 Å². The summed E-state index contributed by atoms with van der Waals surface area (Å²) in [6.45, 7) is 4.24. The number of aromatic nitrogens is 4. The molecule has 2 aromatic rings. The van der Waals surface area contributed by atoms with E-state index in [9.17, 15) is 5.11 Å². The summed E-state index contributed by atoms with van der Waals surface area (Å²) >= 11 is 0. The van der Waals surface area contributed by atoms with E-state index in [0.717, 1.165) is 48.5 Å². The van der Waals surface area contributed by atoms with Gasteiger partial charge in [0.1, 0.15) is 5.82 Å². The number of aliphatic hydroxyl groups excluding tert-OH is 1. The van der Waals surface area contributed by atoms with Gasteiger partial charge >= 0.3 is 0 Å². The summed E-state index contributed by atoms with van der Waals surface area (Å²) < 4.78 is 1.89. The van der Waals surface area contributed by atoms with Crippen LogP contribution >= 0.6 is 0 Å². The highest BCUT2D eigenvalue weighted by Gasteiger charge is 2.13. The van der Waals surface area contributed by atoms with Gasteiger partial charge in [0, 0.05) is 31.5 Å². The molecule has 2 heterocycles. The standard InChI is InChI=1S/C17H28N6O/c1-5-6-15(11-24)20-16-13(10-19-17(18-3)21-16)7-8-14-9-12(2)23(4)22-14/h9-10,15,24H,5-8,11H2,1-4H3,(H2,18,19,20,21). The fourth-order valence-corrected chi connectivity index (χ4v) is 2.61. The van der Waals surface area contributed by atoms with Crippen molar-refractivity contribution >= 4 is 11.8 Å². The van der Waals surface area contributed by atoms with Crippen molar-refractivity contribution in [3.05, 3.63) is 29.2 Å². The van der Waals surface area contributed by atoms with Gasteiger partial charge in [0.2, 0.25) is 5.95 Å². The quantitative estimate of drug-likeness (QED) is 0.650. The summed E-state index contributed by atoms with van der Waals surface area (Å²) in [7, 11) is 3.75. The number of rotatable bonds is 9. The number of anilines is 2. The summed E-state index contributed by atoms with van der Waals surface area (Å²) in [6.07, 6.45) is 5.37. The maximum Gasteiger partial charge on any atom is 0.224 e. The third-order valence-corrected chi connectivity index (χ3v) is 4.10. The van der Waals surface area contributed by atoms with Gasteiger partial charge in [-0.15, -0.1) is 0 Å². The molecule has 0 aliphatic heterocycles.